The molecule has 0 radical (unpaired) electrons. The molecule has 0 spiro atoms. The van der Waals surface area contributed by atoms with Crippen LogP contribution >= 0.6 is 0 Å². The van der Waals surface area contributed by atoms with Crippen LogP contribution in [0.25, 0.3) is 5.76 Å². The summed E-state index contributed by atoms with van der Waals surface area (Å²) in [5, 5.41) is 10.9. The maximum absolute atomic E-state index is 13.3. The van der Waals surface area contributed by atoms with Crippen molar-refractivity contribution in [1.82, 2.24) is 14.8 Å². The van der Waals surface area contributed by atoms with Crippen molar-refractivity contribution in [3.63, 3.8) is 0 Å². The Morgan fingerprint density at radius 3 is 2.50 bits per heavy atom. The Morgan fingerprint density at radius 1 is 1.10 bits per heavy atom. The van der Waals surface area contributed by atoms with Gasteiger partial charge in [0.2, 0.25) is 0 Å². The molecule has 0 aliphatic carbocycles. The molecule has 156 valence electrons. The molecule has 1 amide bonds. The van der Waals surface area contributed by atoms with Crippen LogP contribution in [0.1, 0.15) is 17.3 Å². The summed E-state index contributed by atoms with van der Waals surface area (Å²) in [6.45, 7) is 3.67. The predicted octanol–water partition coefficient (Wildman–Crippen LogP) is 1.97. The minimum absolute atomic E-state index is 0.0349. The highest BCUT2D eigenvalue weighted by atomic mass is 19.1. The lowest BCUT2D eigenvalue weighted by molar-refractivity contribution is -0.140. The third-order valence-corrected chi connectivity index (χ3v) is 5.39. The van der Waals surface area contributed by atoms with Gasteiger partial charge in [-0.15, -0.1) is 0 Å². The van der Waals surface area contributed by atoms with E-state index in [1.165, 1.54) is 29.2 Å². The molecule has 2 aromatic rings. The molecule has 2 aliphatic rings. The van der Waals surface area contributed by atoms with Gasteiger partial charge in [0, 0.05) is 37.9 Å². The molecule has 7 nitrogen and oxygen atoms in total. The zero-order chi connectivity index (χ0) is 21.1. The van der Waals surface area contributed by atoms with E-state index in [1.807, 2.05) is 0 Å². The fourth-order valence-electron chi connectivity index (χ4n) is 3.79. The molecule has 4 rings (SSSR count). The minimum atomic E-state index is -0.808. The molecule has 1 atom stereocenters. The Hall–Kier alpha value is -3.10. The standard InChI is InChI=1S/C22H22FN3O4/c23-16-6-4-15(5-7-16)20(27)18-19(17-3-1-2-8-24-17)26(22(29)21(18)28)10-9-25-11-13-30-14-12-25/h1-8,19,27H,9-14H2/t19-/m1/s1. The second kappa shape index (κ2) is 8.73. The molecule has 0 unspecified atom stereocenters. The van der Waals surface area contributed by atoms with E-state index < -0.39 is 23.5 Å². The van der Waals surface area contributed by atoms with Crippen molar-refractivity contribution in [3.8, 4) is 0 Å². The van der Waals surface area contributed by atoms with Crippen molar-refractivity contribution < 1.29 is 23.8 Å². The van der Waals surface area contributed by atoms with Crippen LogP contribution in [-0.4, -0.2) is 71.0 Å². The third kappa shape index (κ3) is 3.96. The number of ketones is 1. The molecule has 1 aromatic carbocycles. The van der Waals surface area contributed by atoms with Gasteiger partial charge >= 0.3 is 0 Å². The lowest BCUT2D eigenvalue weighted by Gasteiger charge is -2.30. The molecule has 0 saturated carbocycles. The summed E-state index contributed by atoms with van der Waals surface area (Å²) in [5.74, 6) is -2.24. The number of likely N-dealkylation sites (tertiary alicyclic amines) is 1. The van der Waals surface area contributed by atoms with E-state index in [4.69, 9.17) is 4.74 Å². The molecule has 1 aromatic heterocycles. The Kier molecular flexibility index (Phi) is 5.87. The Bertz CT molecular complexity index is 956. The van der Waals surface area contributed by atoms with E-state index in [-0.39, 0.29) is 16.9 Å². The molecular weight excluding hydrogens is 389 g/mol. The number of pyridine rings is 1. The molecule has 3 heterocycles. The van der Waals surface area contributed by atoms with Crippen LogP contribution in [0.15, 0.2) is 54.2 Å². The molecular formula is C22H22FN3O4. The number of hydrogen-bond donors (Lipinski definition) is 1. The highest BCUT2D eigenvalue weighted by Gasteiger charge is 2.46. The van der Waals surface area contributed by atoms with Crippen molar-refractivity contribution in [2.45, 2.75) is 6.04 Å². The van der Waals surface area contributed by atoms with E-state index in [9.17, 15) is 19.1 Å². The first-order valence-electron chi connectivity index (χ1n) is 9.81. The van der Waals surface area contributed by atoms with Gasteiger partial charge in [-0.25, -0.2) is 4.39 Å². The Balaban J connectivity index is 1.71. The number of rotatable bonds is 5. The second-order valence-electron chi connectivity index (χ2n) is 7.21. The number of carbonyl (C=O) groups excluding carboxylic acids is 2. The van der Waals surface area contributed by atoms with Gasteiger partial charge in [0.1, 0.15) is 17.6 Å². The summed E-state index contributed by atoms with van der Waals surface area (Å²) in [5.41, 5.74) is 0.720. The van der Waals surface area contributed by atoms with Crippen LogP contribution in [0.5, 0.6) is 0 Å². The molecule has 2 saturated heterocycles. The number of aromatic nitrogens is 1. The lowest BCUT2D eigenvalue weighted by Crippen LogP contribution is -2.42. The van der Waals surface area contributed by atoms with Gasteiger partial charge in [0.05, 0.1) is 24.5 Å². The monoisotopic (exact) mass is 411 g/mol. The molecule has 2 aliphatic heterocycles. The minimum Gasteiger partial charge on any atom is -0.507 e. The third-order valence-electron chi connectivity index (χ3n) is 5.39. The number of carbonyl (C=O) groups is 2. The topological polar surface area (TPSA) is 83.0 Å². The fourth-order valence-corrected chi connectivity index (χ4v) is 3.79. The van der Waals surface area contributed by atoms with Crippen molar-refractivity contribution in [2.24, 2.45) is 0 Å². The molecule has 2 fully saturated rings. The molecule has 8 heteroatoms. The van der Waals surface area contributed by atoms with Crippen LogP contribution < -0.4 is 0 Å². The van der Waals surface area contributed by atoms with Crippen LogP contribution in [0.3, 0.4) is 0 Å². The van der Waals surface area contributed by atoms with Gasteiger partial charge in [-0.05, 0) is 36.4 Å². The molecule has 30 heavy (non-hydrogen) atoms. The average molecular weight is 411 g/mol. The number of nitrogens with zero attached hydrogens (tertiary/aromatic N) is 3. The van der Waals surface area contributed by atoms with Gasteiger partial charge in [-0.1, -0.05) is 6.07 Å². The summed E-state index contributed by atoms with van der Waals surface area (Å²) >= 11 is 0. The Morgan fingerprint density at radius 2 is 1.83 bits per heavy atom. The maximum Gasteiger partial charge on any atom is 0.295 e. The molecule has 0 bridgehead atoms. The van der Waals surface area contributed by atoms with E-state index in [0.29, 0.717) is 32.0 Å². The number of amides is 1. The van der Waals surface area contributed by atoms with Gasteiger partial charge in [-0.2, -0.15) is 0 Å². The van der Waals surface area contributed by atoms with Crippen LogP contribution in [0, 0.1) is 5.82 Å². The van der Waals surface area contributed by atoms with Crippen LogP contribution in [-0.2, 0) is 14.3 Å². The number of benzene rings is 1. The van der Waals surface area contributed by atoms with E-state index in [2.05, 4.69) is 9.88 Å². The summed E-state index contributed by atoms with van der Waals surface area (Å²) in [4.78, 5) is 33.7. The highest BCUT2D eigenvalue weighted by molar-refractivity contribution is 6.46. The predicted molar refractivity (Wildman–Crippen MR) is 107 cm³/mol. The normalized spacial score (nSPS) is 21.9. The number of Topliss-reactive ketones (excluding diaryl/α,β-unsaturated/α-hetero) is 1. The number of aliphatic hydroxyl groups excluding tert-OH is 1. The average Bonchev–Trinajstić information content (AvgIpc) is 3.04. The number of ether oxygens (including phenoxy) is 1. The van der Waals surface area contributed by atoms with E-state index >= 15 is 0 Å². The lowest BCUT2D eigenvalue weighted by atomic mass is 9.98. The van der Waals surface area contributed by atoms with Crippen LogP contribution in [0.2, 0.25) is 0 Å². The molecule has 1 N–H and O–H groups in total. The number of hydrogen-bond acceptors (Lipinski definition) is 6. The number of morpholine rings is 1. The van der Waals surface area contributed by atoms with Gasteiger partial charge < -0.3 is 14.7 Å². The zero-order valence-electron chi connectivity index (χ0n) is 16.3. The van der Waals surface area contributed by atoms with Crippen molar-refractivity contribution >= 4 is 17.4 Å². The van der Waals surface area contributed by atoms with Gasteiger partial charge in [-0.3, -0.25) is 19.5 Å². The van der Waals surface area contributed by atoms with Crippen molar-refractivity contribution in [3.05, 3.63) is 71.3 Å². The van der Waals surface area contributed by atoms with Gasteiger partial charge in [0.15, 0.2) is 0 Å². The van der Waals surface area contributed by atoms with Crippen LogP contribution in [0.4, 0.5) is 4.39 Å². The fraction of sp³-hybridized carbons (Fsp3) is 0.318. The van der Waals surface area contributed by atoms with Crippen molar-refractivity contribution in [2.75, 3.05) is 39.4 Å². The van der Waals surface area contributed by atoms with E-state index in [0.717, 1.165) is 13.1 Å². The smallest absolute Gasteiger partial charge is 0.295 e. The first kappa shape index (κ1) is 20.2. The number of aliphatic hydroxyl groups is 1. The SMILES string of the molecule is O=C1C(=O)N(CCN2CCOCC2)[C@H](c2ccccn2)C1=C(O)c1ccc(F)cc1. The first-order chi connectivity index (χ1) is 14.6. The summed E-state index contributed by atoms with van der Waals surface area (Å²) in [7, 11) is 0. The van der Waals surface area contributed by atoms with Gasteiger partial charge in [0.25, 0.3) is 11.7 Å². The van der Waals surface area contributed by atoms with E-state index in [1.54, 1.807) is 24.4 Å². The first-order valence-corrected chi connectivity index (χ1v) is 9.81. The highest BCUT2D eigenvalue weighted by Crippen LogP contribution is 2.38. The maximum atomic E-state index is 13.3. The summed E-state index contributed by atoms with van der Waals surface area (Å²) in [6.07, 6.45) is 1.58. The Labute approximate surface area is 173 Å². The number of halogens is 1. The summed E-state index contributed by atoms with van der Waals surface area (Å²) < 4.78 is 18.6. The second-order valence-corrected chi connectivity index (χ2v) is 7.21. The summed E-state index contributed by atoms with van der Waals surface area (Å²) in [6, 6.07) is 9.56. The largest absolute Gasteiger partial charge is 0.507 e. The van der Waals surface area contributed by atoms with Crippen molar-refractivity contribution in [1.29, 1.82) is 0 Å². The zero-order valence-corrected chi connectivity index (χ0v) is 16.3. The quantitative estimate of drug-likeness (QED) is 0.460.